The van der Waals surface area contributed by atoms with E-state index in [-0.39, 0.29) is 0 Å². The molecule has 1 saturated carbocycles. The largest absolute Gasteiger partial charge is 0.418 e. The van der Waals surface area contributed by atoms with Gasteiger partial charge in [0.15, 0.2) is 0 Å². The summed E-state index contributed by atoms with van der Waals surface area (Å²) < 4.78 is 64.5. The van der Waals surface area contributed by atoms with Gasteiger partial charge in [-0.05, 0) is 11.6 Å². The fourth-order valence-corrected chi connectivity index (χ4v) is 2.00. The fourth-order valence-electron chi connectivity index (χ4n) is 2.00. The van der Waals surface area contributed by atoms with Gasteiger partial charge in [0.25, 0.3) is 5.92 Å². The second-order valence-corrected chi connectivity index (χ2v) is 4.09. The highest BCUT2D eigenvalue weighted by molar-refractivity contribution is 5.43. The molecule has 1 aliphatic rings. The number of pyridine rings is 1. The van der Waals surface area contributed by atoms with E-state index in [1.165, 1.54) is 0 Å². The van der Waals surface area contributed by atoms with Crippen LogP contribution in [0.5, 0.6) is 0 Å². The predicted molar refractivity (Wildman–Crippen MR) is 49.5 cm³/mol. The van der Waals surface area contributed by atoms with Crippen LogP contribution in [0.15, 0.2) is 18.5 Å². The van der Waals surface area contributed by atoms with Gasteiger partial charge in [-0.3, -0.25) is 4.98 Å². The van der Waals surface area contributed by atoms with Gasteiger partial charge in [0, 0.05) is 25.4 Å². The van der Waals surface area contributed by atoms with E-state index in [9.17, 15) is 22.0 Å². The van der Waals surface area contributed by atoms with Gasteiger partial charge in [-0.25, -0.2) is 8.78 Å². The average Bonchev–Trinajstić information content (AvgIpc) is 2.81. The van der Waals surface area contributed by atoms with Crippen LogP contribution in [-0.2, 0) is 11.6 Å². The summed E-state index contributed by atoms with van der Waals surface area (Å²) in [4.78, 5) is 3.33. The second kappa shape index (κ2) is 3.38. The van der Waals surface area contributed by atoms with Crippen molar-refractivity contribution in [1.82, 2.24) is 4.98 Å². The first-order chi connectivity index (χ1) is 7.74. The van der Waals surface area contributed by atoms with Crippen molar-refractivity contribution in [3.8, 4) is 0 Å². The summed E-state index contributed by atoms with van der Waals surface area (Å²) in [5.74, 6) is -3.18. The summed E-state index contributed by atoms with van der Waals surface area (Å²) in [6, 6.07) is 0.969. The SMILES string of the molecule is NCC1(c2ccncc2C(F)(F)F)CC1(F)F. The number of aromatic nitrogens is 1. The van der Waals surface area contributed by atoms with Gasteiger partial charge in [0.1, 0.15) is 0 Å². The third-order valence-corrected chi connectivity index (χ3v) is 3.09. The molecule has 1 aromatic rings. The van der Waals surface area contributed by atoms with Gasteiger partial charge in [-0.2, -0.15) is 13.2 Å². The summed E-state index contributed by atoms with van der Waals surface area (Å²) in [7, 11) is 0. The molecule has 1 fully saturated rings. The molecule has 0 bridgehead atoms. The van der Waals surface area contributed by atoms with Gasteiger partial charge < -0.3 is 5.73 Å². The fraction of sp³-hybridized carbons (Fsp3) is 0.500. The van der Waals surface area contributed by atoms with Gasteiger partial charge in [0.2, 0.25) is 0 Å². The summed E-state index contributed by atoms with van der Waals surface area (Å²) in [5.41, 5.74) is 1.73. The van der Waals surface area contributed by atoms with Crippen LogP contribution in [0.25, 0.3) is 0 Å². The molecule has 1 aliphatic carbocycles. The Morgan fingerprint density at radius 1 is 1.35 bits per heavy atom. The summed E-state index contributed by atoms with van der Waals surface area (Å²) in [6.45, 7) is -0.521. The van der Waals surface area contributed by atoms with E-state index < -0.39 is 41.6 Å². The minimum atomic E-state index is -4.70. The van der Waals surface area contributed by atoms with Crippen LogP contribution in [0.3, 0.4) is 0 Å². The summed E-state index contributed by atoms with van der Waals surface area (Å²) in [6.07, 6.45) is -3.73. The Bertz CT molecular complexity index is 443. The van der Waals surface area contributed by atoms with E-state index in [2.05, 4.69) is 4.98 Å². The van der Waals surface area contributed by atoms with Crippen LogP contribution in [0.4, 0.5) is 22.0 Å². The molecule has 0 radical (unpaired) electrons. The molecule has 2 rings (SSSR count). The molecule has 1 aromatic heterocycles. The molecule has 0 saturated heterocycles. The van der Waals surface area contributed by atoms with Crippen molar-refractivity contribution in [2.45, 2.75) is 23.9 Å². The summed E-state index contributed by atoms with van der Waals surface area (Å²) >= 11 is 0. The number of hydrogen-bond donors (Lipinski definition) is 1. The maximum Gasteiger partial charge on any atom is 0.418 e. The lowest BCUT2D eigenvalue weighted by Crippen LogP contribution is -2.29. The van der Waals surface area contributed by atoms with Crippen molar-refractivity contribution < 1.29 is 22.0 Å². The Hall–Kier alpha value is -1.24. The number of nitrogens with zero attached hydrogens (tertiary/aromatic N) is 1. The topological polar surface area (TPSA) is 38.9 Å². The third kappa shape index (κ3) is 1.69. The van der Waals surface area contributed by atoms with E-state index >= 15 is 0 Å². The van der Waals surface area contributed by atoms with Crippen molar-refractivity contribution in [2.24, 2.45) is 5.73 Å². The molecule has 2 N–H and O–H groups in total. The van der Waals surface area contributed by atoms with E-state index in [4.69, 9.17) is 5.73 Å². The molecule has 1 atom stereocenters. The lowest BCUT2D eigenvalue weighted by molar-refractivity contribution is -0.139. The quantitative estimate of drug-likeness (QED) is 0.820. The maximum atomic E-state index is 13.2. The van der Waals surface area contributed by atoms with Crippen molar-refractivity contribution in [2.75, 3.05) is 6.54 Å². The number of halogens is 5. The average molecular weight is 252 g/mol. The van der Waals surface area contributed by atoms with Crippen LogP contribution in [-0.4, -0.2) is 17.5 Å². The second-order valence-electron chi connectivity index (χ2n) is 4.09. The maximum absolute atomic E-state index is 13.2. The molecule has 17 heavy (non-hydrogen) atoms. The van der Waals surface area contributed by atoms with Gasteiger partial charge in [-0.15, -0.1) is 0 Å². The zero-order chi connectivity index (χ0) is 12.9. The Morgan fingerprint density at radius 3 is 2.35 bits per heavy atom. The summed E-state index contributed by atoms with van der Waals surface area (Å²) in [5, 5.41) is 0. The minimum absolute atomic E-state index is 0.465. The molecular weight excluding hydrogens is 243 g/mol. The number of alkyl halides is 5. The first-order valence-electron chi connectivity index (χ1n) is 4.84. The van der Waals surface area contributed by atoms with E-state index in [1.54, 1.807) is 0 Å². The molecular formula is C10H9F5N2. The molecule has 2 nitrogen and oxygen atoms in total. The molecule has 1 heterocycles. The van der Waals surface area contributed by atoms with Crippen molar-refractivity contribution in [3.63, 3.8) is 0 Å². The Kier molecular flexibility index (Phi) is 2.43. The minimum Gasteiger partial charge on any atom is -0.329 e. The zero-order valence-electron chi connectivity index (χ0n) is 8.56. The lowest BCUT2D eigenvalue weighted by atomic mass is 9.92. The van der Waals surface area contributed by atoms with Gasteiger partial charge >= 0.3 is 6.18 Å². The van der Waals surface area contributed by atoms with Gasteiger partial charge in [0.05, 0.1) is 11.0 Å². The molecule has 7 heteroatoms. The Morgan fingerprint density at radius 2 is 1.94 bits per heavy atom. The van der Waals surface area contributed by atoms with Crippen LogP contribution in [0, 0.1) is 0 Å². The highest BCUT2D eigenvalue weighted by Gasteiger charge is 2.72. The van der Waals surface area contributed by atoms with Crippen LogP contribution in [0.1, 0.15) is 17.5 Å². The Balaban J connectivity index is 2.54. The lowest BCUT2D eigenvalue weighted by Gasteiger charge is -2.19. The van der Waals surface area contributed by atoms with E-state index in [0.717, 1.165) is 12.3 Å². The van der Waals surface area contributed by atoms with E-state index in [1.807, 2.05) is 0 Å². The molecule has 1 unspecified atom stereocenters. The van der Waals surface area contributed by atoms with Crippen molar-refractivity contribution in [1.29, 1.82) is 0 Å². The Labute approximate surface area is 93.6 Å². The first kappa shape index (κ1) is 12.2. The monoisotopic (exact) mass is 252 g/mol. The molecule has 0 aromatic carbocycles. The van der Waals surface area contributed by atoms with Crippen molar-refractivity contribution >= 4 is 0 Å². The normalized spacial score (nSPS) is 26.9. The van der Waals surface area contributed by atoms with Crippen LogP contribution in [0.2, 0.25) is 0 Å². The number of rotatable bonds is 2. The molecule has 0 spiro atoms. The molecule has 0 amide bonds. The number of nitrogens with two attached hydrogens (primary N) is 1. The standard InChI is InChI=1S/C10H9F5N2/c11-9(12)4-8(9,5-16)6-1-2-17-3-7(6)10(13,14)15/h1-3H,4-5,16H2. The van der Waals surface area contributed by atoms with Crippen LogP contribution >= 0.6 is 0 Å². The molecule has 94 valence electrons. The highest BCUT2D eigenvalue weighted by atomic mass is 19.4. The van der Waals surface area contributed by atoms with Gasteiger partial charge in [-0.1, -0.05) is 0 Å². The predicted octanol–water partition coefficient (Wildman–Crippen LogP) is 2.34. The highest BCUT2D eigenvalue weighted by Crippen LogP contribution is 2.62. The number of hydrogen-bond acceptors (Lipinski definition) is 2. The van der Waals surface area contributed by atoms with Crippen molar-refractivity contribution in [3.05, 3.63) is 29.6 Å². The third-order valence-electron chi connectivity index (χ3n) is 3.09. The zero-order valence-corrected chi connectivity index (χ0v) is 8.56. The molecule has 0 aliphatic heterocycles. The smallest absolute Gasteiger partial charge is 0.329 e. The van der Waals surface area contributed by atoms with E-state index in [0.29, 0.717) is 6.20 Å². The van der Waals surface area contributed by atoms with Crippen LogP contribution < -0.4 is 5.73 Å². The first-order valence-corrected chi connectivity index (χ1v) is 4.84.